The molecule has 0 radical (unpaired) electrons. The van der Waals surface area contributed by atoms with Crippen LogP contribution in [0.3, 0.4) is 0 Å². The summed E-state index contributed by atoms with van der Waals surface area (Å²) in [6.07, 6.45) is 0. The molecular formula is C21H16F2N4O3. The number of likely N-dealkylation sites (N-methyl/N-ethyl adjacent to an activating group) is 1. The molecule has 152 valence electrons. The van der Waals surface area contributed by atoms with Crippen LogP contribution in [0.2, 0.25) is 0 Å². The summed E-state index contributed by atoms with van der Waals surface area (Å²) in [7, 11) is 1.55. The van der Waals surface area contributed by atoms with Crippen molar-refractivity contribution in [3.63, 3.8) is 0 Å². The van der Waals surface area contributed by atoms with Gasteiger partial charge in [-0.1, -0.05) is 6.07 Å². The average Bonchev–Trinajstić information content (AvgIpc) is 2.74. The molecule has 30 heavy (non-hydrogen) atoms. The number of rotatable bonds is 2. The molecule has 3 aromatic rings. The van der Waals surface area contributed by atoms with Crippen molar-refractivity contribution >= 4 is 22.5 Å². The van der Waals surface area contributed by atoms with Crippen molar-refractivity contribution in [3.05, 3.63) is 75.2 Å². The number of aromatic nitrogens is 1. The van der Waals surface area contributed by atoms with Gasteiger partial charge in [-0.25, -0.2) is 13.6 Å². The lowest BCUT2D eigenvalue weighted by molar-refractivity contribution is 0.0527. The van der Waals surface area contributed by atoms with Crippen LogP contribution in [-0.2, 0) is 11.3 Å². The van der Waals surface area contributed by atoms with Gasteiger partial charge in [-0.2, -0.15) is 5.26 Å². The maximum absolute atomic E-state index is 13.7. The predicted octanol–water partition coefficient (Wildman–Crippen LogP) is 3.41. The van der Waals surface area contributed by atoms with E-state index in [-0.39, 0.29) is 29.9 Å². The number of nitrogens with zero attached hydrogens (tertiary/aromatic N) is 2. The van der Waals surface area contributed by atoms with Gasteiger partial charge in [-0.15, -0.1) is 0 Å². The zero-order valence-electron chi connectivity index (χ0n) is 15.8. The number of ether oxygens (including phenoxy) is 1. The van der Waals surface area contributed by atoms with Crippen molar-refractivity contribution in [1.82, 2.24) is 9.88 Å². The molecule has 0 spiro atoms. The molecule has 7 nitrogen and oxygen atoms in total. The van der Waals surface area contributed by atoms with Gasteiger partial charge in [0.2, 0.25) is 0 Å². The Labute approximate surface area is 169 Å². The normalized spacial score (nSPS) is 15.3. The SMILES string of the molecule is CN(C(=O)Nc1ccc(F)c(C#N)c1)[C@@H]1COCc2[nH]c(=O)c3cc(F)ccc3c21. The van der Waals surface area contributed by atoms with Crippen LogP contribution in [0.25, 0.3) is 10.8 Å². The number of amides is 2. The molecule has 2 N–H and O–H groups in total. The second-order valence-electron chi connectivity index (χ2n) is 6.91. The molecule has 1 aliphatic rings. The molecular weight excluding hydrogens is 394 g/mol. The van der Waals surface area contributed by atoms with Crippen LogP contribution in [0.15, 0.2) is 41.2 Å². The third-order valence-electron chi connectivity index (χ3n) is 5.09. The number of carbonyl (C=O) groups excluding carboxylic acids is 1. The number of H-pyrrole nitrogens is 1. The lowest BCUT2D eigenvalue weighted by atomic mass is 9.96. The summed E-state index contributed by atoms with van der Waals surface area (Å²) >= 11 is 0. The van der Waals surface area contributed by atoms with Crippen LogP contribution in [0.5, 0.6) is 0 Å². The van der Waals surface area contributed by atoms with Crippen molar-refractivity contribution < 1.29 is 18.3 Å². The third-order valence-corrected chi connectivity index (χ3v) is 5.09. The quantitative estimate of drug-likeness (QED) is 0.676. The summed E-state index contributed by atoms with van der Waals surface area (Å²) < 4.78 is 32.7. The topological polar surface area (TPSA) is 98.2 Å². The molecule has 4 rings (SSSR count). The molecule has 1 aromatic heterocycles. The minimum Gasteiger partial charge on any atom is -0.373 e. The lowest BCUT2D eigenvalue weighted by Crippen LogP contribution is -2.39. The smallest absolute Gasteiger partial charge is 0.322 e. The van der Waals surface area contributed by atoms with E-state index in [1.807, 2.05) is 0 Å². The minimum atomic E-state index is -0.680. The Hall–Kier alpha value is -3.77. The molecule has 0 saturated carbocycles. The van der Waals surface area contributed by atoms with E-state index in [0.717, 1.165) is 12.1 Å². The summed E-state index contributed by atoms with van der Waals surface area (Å²) in [4.78, 5) is 29.2. The van der Waals surface area contributed by atoms with E-state index in [2.05, 4.69) is 10.3 Å². The van der Waals surface area contributed by atoms with Gasteiger partial charge < -0.3 is 19.9 Å². The van der Waals surface area contributed by atoms with Crippen LogP contribution in [-0.4, -0.2) is 29.6 Å². The van der Waals surface area contributed by atoms with E-state index in [1.165, 1.54) is 29.2 Å². The Balaban J connectivity index is 1.70. The first kappa shape index (κ1) is 19.5. The molecule has 0 fully saturated rings. The molecule has 0 unspecified atom stereocenters. The number of benzene rings is 2. The van der Waals surface area contributed by atoms with Gasteiger partial charge in [0.05, 0.1) is 30.2 Å². The molecule has 2 heterocycles. The highest BCUT2D eigenvalue weighted by molar-refractivity contribution is 5.91. The molecule has 0 aliphatic carbocycles. The largest absolute Gasteiger partial charge is 0.373 e. The van der Waals surface area contributed by atoms with Crippen molar-refractivity contribution in [3.8, 4) is 6.07 Å². The van der Waals surface area contributed by atoms with E-state index in [1.54, 1.807) is 13.1 Å². The molecule has 1 aliphatic heterocycles. The van der Waals surface area contributed by atoms with Crippen molar-refractivity contribution in [1.29, 1.82) is 5.26 Å². The highest BCUT2D eigenvalue weighted by Crippen LogP contribution is 2.33. The van der Waals surface area contributed by atoms with Gasteiger partial charge >= 0.3 is 6.03 Å². The van der Waals surface area contributed by atoms with Gasteiger partial charge in [-0.05, 0) is 35.7 Å². The number of carbonyl (C=O) groups is 1. The van der Waals surface area contributed by atoms with Crippen LogP contribution >= 0.6 is 0 Å². The van der Waals surface area contributed by atoms with Crippen molar-refractivity contribution in [2.24, 2.45) is 0 Å². The first-order valence-corrected chi connectivity index (χ1v) is 9.04. The highest BCUT2D eigenvalue weighted by atomic mass is 19.1. The summed E-state index contributed by atoms with van der Waals surface area (Å²) in [6, 6.07) is 8.26. The number of fused-ring (bicyclic) bond motifs is 3. The van der Waals surface area contributed by atoms with Crippen LogP contribution in [0, 0.1) is 23.0 Å². The fourth-order valence-electron chi connectivity index (χ4n) is 3.57. The summed E-state index contributed by atoms with van der Waals surface area (Å²) in [5, 5.41) is 12.3. The van der Waals surface area contributed by atoms with E-state index in [4.69, 9.17) is 10.00 Å². The van der Waals surface area contributed by atoms with Gasteiger partial charge in [-0.3, -0.25) is 4.79 Å². The molecule has 0 saturated heterocycles. The second-order valence-corrected chi connectivity index (χ2v) is 6.91. The zero-order chi connectivity index (χ0) is 21.4. The fraction of sp³-hybridized carbons (Fsp3) is 0.190. The van der Waals surface area contributed by atoms with E-state index < -0.39 is 29.3 Å². The number of nitriles is 1. The average molecular weight is 410 g/mol. The first-order valence-electron chi connectivity index (χ1n) is 9.04. The number of aromatic amines is 1. The summed E-state index contributed by atoms with van der Waals surface area (Å²) in [5.74, 6) is -1.21. The Morgan fingerprint density at radius 1 is 1.27 bits per heavy atom. The highest BCUT2D eigenvalue weighted by Gasteiger charge is 2.30. The lowest BCUT2D eigenvalue weighted by Gasteiger charge is -2.33. The Morgan fingerprint density at radius 2 is 2.07 bits per heavy atom. The standard InChI is InChI=1S/C21H16F2N4O3/c1-27(21(29)25-13-3-5-16(23)11(6-13)8-24)18-10-30-9-17-19(18)14-4-2-12(22)7-15(14)20(28)26-17/h2-7,18H,9-10H2,1H3,(H,25,29)(H,26,28)/t18-/m1/s1. The van der Waals surface area contributed by atoms with Crippen molar-refractivity contribution in [2.75, 3.05) is 19.0 Å². The second kappa shape index (κ2) is 7.57. The van der Waals surface area contributed by atoms with Gasteiger partial charge in [0.15, 0.2) is 0 Å². The minimum absolute atomic E-state index is 0.160. The Kier molecular flexibility index (Phi) is 4.93. The van der Waals surface area contributed by atoms with Crippen LogP contribution in [0.1, 0.15) is 22.9 Å². The number of hydrogen-bond donors (Lipinski definition) is 2. The van der Waals surface area contributed by atoms with Gasteiger partial charge in [0, 0.05) is 24.0 Å². The van der Waals surface area contributed by atoms with Crippen molar-refractivity contribution in [2.45, 2.75) is 12.6 Å². The summed E-state index contributed by atoms with van der Waals surface area (Å²) in [6.45, 7) is 0.329. The monoisotopic (exact) mass is 410 g/mol. The van der Waals surface area contributed by atoms with E-state index >= 15 is 0 Å². The van der Waals surface area contributed by atoms with E-state index in [9.17, 15) is 18.4 Å². The van der Waals surface area contributed by atoms with Gasteiger partial charge in [0.25, 0.3) is 5.56 Å². The van der Waals surface area contributed by atoms with Crippen LogP contribution in [0.4, 0.5) is 19.3 Å². The molecule has 0 bridgehead atoms. The maximum atomic E-state index is 13.7. The number of nitrogens with one attached hydrogen (secondary N) is 2. The molecule has 2 amide bonds. The maximum Gasteiger partial charge on any atom is 0.322 e. The Morgan fingerprint density at radius 3 is 2.83 bits per heavy atom. The first-order chi connectivity index (χ1) is 14.4. The Bertz CT molecular complexity index is 1270. The number of urea groups is 1. The fourth-order valence-corrected chi connectivity index (χ4v) is 3.57. The number of pyridine rings is 1. The molecule has 2 aromatic carbocycles. The number of halogens is 2. The number of hydrogen-bond acceptors (Lipinski definition) is 4. The molecule has 1 atom stereocenters. The summed E-state index contributed by atoms with van der Waals surface area (Å²) in [5.41, 5.74) is 0.825. The molecule has 9 heteroatoms. The predicted molar refractivity (Wildman–Crippen MR) is 105 cm³/mol. The third kappa shape index (κ3) is 3.38. The zero-order valence-corrected chi connectivity index (χ0v) is 15.8. The van der Waals surface area contributed by atoms with Crippen LogP contribution < -0.4 is 10.9 Å². The number of anilines is 1. The van der Waals surface area contributed by atoms with Gasteiger partial charge in [0.1, 0.15) is 17.7 Å². The van der Waals surface area contributed by atoms with E-state index in [0.29, 0.717) is 16.6 Å².